The number of nitrogens with two attached hydrogens (primary N) is 1. The molecule has 0 saturated carbocycles. The molecule has 0 aromatic carbocycles. The largest absolute Gasteiger partial charge is 0.470 e. The Kier molecular flexibility index (Phi) is 5.78. The summed E-state index contributed by atoms with van der Waals surface area (Å²) in [6, 6.07) is 0. The van der Waals surface area contributed by atoms with Crippen LogP contribution in [0, 0.1) is 10.1 Å². The fourth-order valence-electron chi connectivity index (χ4n) is 1.15. The van der Waals surface area contributed by atoms with Crippen molar-refractivity contribution in [3.63, 3.8) is 0 Å². The standard InChI is InChI=1S/C10H16N4O4/c1-2-3-4-17-5-6-18-9-8(14(15)16)7-12-10(11)13-9/h7H,2-6H2,1H3,(H2,11,12,13). The van der Waals surface area contributed by atoms with Gasteiger partial charge in [-0.2, -0.15) is 4.98 Å². The van der Waals surface area contributed by atoms with E-state index in [2.05, 4.69) is 16.9 Å². The van der Waals surface area contributed by atoms with Gasteiger partial charge in [0, 0.05) is 6.61 Å². The van der Waals surface area contributed by atoms with Gasteiger partial charge in [-0.05, 0) is 6.42 Å². The van der Waals surface area contributed by atoms with Gasteiger partial charge in [0.05, 0.1) is 11.5 Å². The molecule has 0 aliphatic carbocycles. The zero-order valence-corrected chi connectivity index (χ0v) is 10.2. The quantitative estimate of drug-likeness (QED) is 0.421. The molecule has 0 saturated heterocycles. The zero-order valence-electron chi connectivity index (χ0n) is 10.2. The number of rotatable bonds is 8. The third-order valence-electron chi connectivity index (χ3n) is 2.06. The van der Waals surface area contributed by atoms with E-state index >= 15 is 0 Å². The van der Waals surface area contributed by atoms with Crippen molar-refractivity contribution < 1.29 is 14.4 Å². The first kappa shape index (κ1) is 14.1. The van der Waals surface area contributed by atoms with E-state index in [0.717, 1.165) is 19.0 Å². The molecule has 0 bridgehead atoms. The average Bonchev–Trinajstić information content (AvgIpc) is 2.33. The van der Waals surface area contributed by atoms with Gasteiger partial charge in [-0.25, -0.2) is 4.98 Å². The van der Waals surface area contributed by atoms with Crippen LogP contribution in [0.15, 0.2) is 6.20 Å². The van der Waals surface area contributed by atoms with Crippen molar-refractivity contribution in [1.29, 1.82) is 0 Å². The molecule has 0 atom stereocenters. The maximum atomic E-state index is 10.7. The van der Waals surface area contributed by atoms with Crippen molar-refractivity contribution in [2.45, 2.75) is 19.8 Å². The van der Waals surface area contributed by atoms with Gasteiger partial charge >= 0.3 is 5.69 Å². The number of anilines is 1. The van der Waals surface area contributed by atoms with Crippen molar-refractivity contribution in [2.24, 2.45) is 0 Å². The smallest absolute Gasteiger partial charge is 0.349 e. The topological polar surface area (TPSA) is 113 Å². The second-order valence-electron chi connectivity index (χ2n) is 3.49. The first-order valence-corrected chi connectivity index (χ1v) is 5.62. The summed E-state index contributed by atoms with van der Waals surface area (Å²) in [5.74, 6) is -0.200. The van der Waals surface area contributed by atoms with E-state index in [1.165, 1.54) is 0 Å². The number of aromatic nitrogens is 2. The Morgan fingerprint density at radius 1 is 1.44 bits per heavy atom. The highest BCUT2D eigenvalue weighted by atomic mass is 16.6. The van der Waals surface area contributed by atoms with Crippen LogP contribution in [0.4, 0.5) is 11.6 Å². The third kappa shape index (κ3) is 4.50. The number of unbranched alkanes of at least 4 members (excludes halogenated alkanes) is 1. The van der Waals surface area contributed by atoms with Crippen LogP contribution in [-0.4, -0.2) is 34.7 Å². The Balaban J connectivity index is 2.45. The van der Waals surface area contributed by atoms with Gasteiger partial charge in [-0.1, -0.05) is 13.3 Å². The highest BCUT2D eigenvalue weighted by Crippen LogP contribution is 2.23. The summed E-state index contributed by atoms with van der Waals surface area (Å²) in [7, 11) is 0. The predicted molar refractivity (Wildman–Crippen MR) is 64.3 cm³/mol. The Labute approximate surface area is 104 Å². The van der Waals surface area contributed by atoms with Crippen molar-refractivity contribution >= 4 is 11.6 Å². The molecule has 0 spiro atoms. The van der Waals surface area contributed by atoms with E-state index in [9.17, 15) is 10.1 Å². The number of nitrogens with zero attached hydrogens (tertiary/aromatic N) is 3. The fraction of sp³-hybridized carbons (Fsp3) is 0.600. The van der Waals surface area contributed by atoms with Crippen molar-refractivity contribution in [3.05, 3.63) is 16.3 Å². The molecule has 0 amide bonds. The minimum Gasteiger partial charge on any atom is -0.470 e. The molecule has 0 unspecified atom stereocenters. The third-order valence-corrected chi connectivity index (χ3v) is 2.06. The predicted octanol–water partition coefficient (Wildman–Crippen LogP) is 1.16. The Morgan fingerprint density at radius 3 is 2.89 bits per heavy atom. The number of nitrogen functional groups attached to an aromatic ring is 1. The molecule has 1 aromatic heterocycles. The summed E-state index contributed by atoms with van der Waals surface area (Å²) in [4.78, 5) is 17.3. The van der Waals surface area contributed by atoms with Crippen molar-refractivity contribution in [3.8, 4) is 5.88 Å². The van der Waals surface area contributed by atoms with Crippen molar-refractivity contribution in [2.75, 3.05) is 25.6 Å². The first-order chi connectivity index (χ1) is 8.65. The molecule has 18 heavy (non-hydrogen) atoms. The maximum Gasteiger partial charge on any atom is 0.349 e. The molecular weight excluding hydrogens is 240 g/mol. The molecule has 0 aliphatic heterocycles. The van der Waals surface area contributed by atoms with Crippen LogP contribution in [0.25, 0.3) is 0 Å². The van der Waals surface area contributed by atoms with Crippen LogP contribution in [-0.2, 0) is 4.74 Å². The summed E-state index contributed by atoms with van der Waals surface area (Å²) in [5.41, 5.74) is 5.03. The van der Waals surface area contributed by atoms with Crippen LogP contribution in [0.2, 0.25) is 0 Å². The molecule has 8 nitrogen and oxygen atoms in total. The monoisotopic (exact) mass is 256 g/mol. The SMILES string of the molecule is CCCCOCCOc1nc(N)ncc1[N+](=O)[O-]. The Morgan fingerprint density at radius 2 is 2.22 bits per heavy atom. The minimum atomic E-state index is -0.618. The molecule has 8 heteroatoms. The van der Waals surface area contributed by atoms with E-state index in [-0.39, 0.29) is 24.1 Å². The summed E-state index contributed by atoms with van der Waals surface area (Å²) < 4.78 is 10.4. The zero-order chi connectivity index (χ0) is 13.4. The minimum absolute atomic E-state index is 0.0671. The van der Waals surface area contributed by atoms with Gasteiger partial charge in [0.1, 0.15) is 12.8 Å². The molecule has 2 N–H and O–H groups in total. The first-order valence-electron chi connectivity index (χ1n) is 5.62. The molecule has 1 aromatic rings. The Hall–Kier alpha value is -1.96. The van der Waals surface area contributed by atoms with Crippen LogP contribution in [0.3, 0.4) is 0 Å². The lowest BCUT2D eigenvalue weighted by atomic mass is 10.4. The lowest BCUT2D eigenvalue weighted by Gasteiger charge is -2.06. The summed E-state index contributed by atoms with van der Waals surface area (Å²) in [6.45, 7) is 3.24. The normalized spacial score (nSPS) is 10.3. The summed E-state index contributed by atoms with van der Waals surface area (Å²) in [5, 5.41) is 10.7. The molecule has 100 valence electrons. The highest BCUT2D eigenvalue weighted by Gasteiger charge is 2.17. The maximum absolute atomic E-state index is 10.7. The second-order valence-corrected chi connectivity index (χ2v) is 3.49. The van der Waals surface area contributed by atoms with E-state index in [1.807, 2.05) is 0 Å². The van der Waals surface area contributed by atoms with E-state index < -0.39 is 4.92 Å². The number of ether oxygens (including phenoxy) is 2. The molecule has 0 aliphatic rings. The van der Waals surface area contributed by atoms with Crippen LogP contribution in [0.5, 0.6) is 5.88 Å². The highest BCUT2D eigenvalue weighted by molar-refractivity contribution is 5.41. The average molecular weight is 256 g/mol. The lowest BCUT2D eigenvalue weighted by molar-refractivity contribution is -0.386. The molecule has 1 heterocycles. The Bertz CT molecular complexity index is 399. The van der Waals surface area contributed by atoms with Gasteiger partial charge in [0.15, 0.2) is 0 Å². The molecule has 0 radical (unpaired) electrons. The summed E-state index contributed by atoms with van der Waals surface area (Å²) >= 11 is 0. The molecule has 1 rings (SSSR count). The van der Waals surface area contributed by atoms with Crippen LogP contribution >= 0.6 is 0 Å². The van der Waals surface area contributed by atoms with Gasteiger partial charge in [0.2, 0.25) is 5.95 Å². The number of hydrogen-bond donors (Lipinski definition) is 1. The van der Waals surface area contributed by atoms with Gasteiger partial charge in [0.25, 0.3) is 5.88 Å². The molecule has 0 fully saturated rings. The van der Waals surface area contributed by atoms with Crippen molar-refractivity contribution in [1.82, 2.24) is 9.97 Å². The van der Waals surface area contributed by atoms with E-state index in [0.29, 0.717) is 13.2 Å². The van der Waals surface area contributed by atoms with Crippen LogP contribution in [0.1, 0.15) is 19.8 Å². The van der Waals surface area contributed by atoms with E-state index in [4.69, 9.17) is 15.2 Å². The molecular formula is C10H16N4O4. The van der Waals surface area contributed by atoms with Crippen LogP contribution < -0.4 is 10.5 Å². The summed E-state index contributed by atoms with van der Waals surface area (Å²) in [6.07, 6.45) is 3.05. The number of hydrogen-bond acceptors (Lipinski definition) is 7. The number of nitro groups is 1. The second kappa shape index (κ2) is 7.38. The van der Waals surface area contributed by atoms with Gasteiger partial charge in [-0.15, -0.1) is 0 Å². The lowest BCUT2D eigenvalue weighted by Crippen LogP contribution is -2.10. The van der Waals surface area contributed by atoms with Gasteiger partial charge in [-0.3, -0.25) is 10.1 Å². The van der Waals surface area contributed by atoms with Gasteiger partial charge < -0.3 is 15.2 Å². The fourth-order valence-corrected chi connectivity index (χ4v) is 1.15. The van der Waals surface area contributed by atoms with E-state index in [1.54, 1.807) is 0 Å².